The van der Waals surface area contributed by atoms with Crippen molar-refractivity contribution in [2.75, 3.05) is 13.2 Å². The van der Waals surface area contributed by atoms with Gasteiger partial charge in [0.05, 0.1) is 17.0 Å². The first-order chi connectivity index (χ1) is 18.7. The zero-order chi connectivity index (χ0) is 28.3. The SMILES string of the molecule is CCC(CC)OC(=O)Oc1ccc(C(=O)NS(=O)(=O)c2ccc(C(=O)NCCOc3ccccc3)cc2)cn1. The minimum atomic E-state index is -4.23. The number of nitrogens with zero attached hydrogens (tertiary/aromatic N) is 1. The molecule has 1 heterocycles. The van der Waals surface area contributed by atoms with Gasteiger partial charge in [-0.25, -0.2) is 22.9 Å². The molecule has 0 saturated carbocycles. The van der Waals surface area contributed by atoms with E-state index in [9.17, 15) is 22.8 Å². The maximum atomic E-state index is 12.7. The molecule has 2 N–H and O–H groups in total. The first-order valence-electron chi connectivity index (χ1n) is 12.2. The van der Waals surface area contributed by atoms with Crippen LogP contribution in [0.2, 0.25) is 0 Å². The average molecular weight is 556 g/mol. The number of amides is 2. The molecule has 0 unspecified atom stereocenters. The number of carbonyl (C=O) groups is 3. The molecular weight excluding hydrogens is 526 g/mol. The summed E-state index contributed by atoms with van der Waals surface area (Å²) in [5.74, 6) is -0.766. The number of sulfonamides is 1. The summed E-state index contributed by atoms with van der Waals surface area (Å²) in [6.45, 7) is 4.26. The lowest BCUT2D eigenvalue weighted by molar-refractivity contribution is 0.0538. The van der Waals surface area contributed by atoms with Gasteiger partial charge in [-0.3, -0.25) is 9.59 Å². The van der Waals surface area contributed by atoms with E-state index < -0.39 is 28.0 Å². The number of pyridine rings is 1. The molecule has 0 fully saturated rings. The summed E-state index contributed by atoms with van der Waals surface area (Å²) in [5, 5.41) is 2.68. The van der Waals surface area contributed by atoms with Crippen LogP contribution in [0.15, 0.2) is 77.8 Å². The molecular formula is C27H29N3O8S. The molecule has 12 heteroatoms. The maximum Gasteiger partial charge on any atom is 0.515 e. The Morgan fingerprint density at radius 2 is 1.54 bits per heavy atom. The number of para-hydroxylation sites is 1. The number of aromatic nitrogens is 1. The van der Waals surface area contributed by atoms with Crippen molar-refractivity contribution in [1.29, 1.82) is 0 Å². The van der Waals surface area contributed by atoms with Gasteiger partial charge in [0.2, 0.25) is 5.88 Å². The van der Waals surface area contributed by atoms with E-state index in [1.54, 1.807) is 12.1 Å². The molecule has 0 saturated heterocycles. The Kier molecular flexibility index (Phi) is 10.4. The molecule has 0 spiro atoms. The van der Waals surface area contributed by atoms with Crippen molar-refractivity contribution in [3.63, 3.8) is 0 Å². The lowest BCUT2D eigenvalue weighted by Gasteiger charge is -2.13. The summed E-state index contributed by atoms with van der Waals surface area (Å²) >= 11 is 0. The predicted molar refractivity (Wildman–Crippen MR) is 141 cm³/mol. The third kappa shape index (κ3) is 8.82. The minimum Gasteiger partial charge on any atom is -0.492 e. The highest BCUT2D eigenvalue weighted by Crippen LogP contribution is 2.14. The minimum absolute atomic E-state index is 0.0759. The Labute approximate surface area is 226 Å². The van der Waals surface area contributed by atoms with Gasteiger partial charge in [-0.1, -0.05) is 32.0 Å². The van der Waals surface area contributed by atoms with Crippen LogP contribution in [-0.2, 0) is 14.8 Å². The lowest BCUT2D eigenvalue weighted by Crippen LogP contribution is -2.31. The van der Waals surface area contributed by atoms with Crippen LogP contribution in [0.3, 0.4) is 0 Å². The van der Waals surface area contributed by atoms with Crippen molar-refractivity contribution >= 4 is 28.0 Å². The first kappa shape index (κ1) is 29.1. The fraction of sp³-hybridized carbons (Fsp3) is 0.259. The molecule has 0 bridgehead atoms. The zero-order valence-corrected chi connectivity index (χ0v) is 22.3. The van der Waals surface area contributed by atoms with Crippen LogP contribution in [0.1, 0.15) is 47.4 Å². The Morgan fingerprint density at radius 1 is 0.872 bits per heavy atom. The second kappa shape index (κ2) is 13.9. The molecule has 0 atom stereocenters. The molecule has 39 heavy (non-hydrogen) atoms. The van der Waals surface area contributed by atoms with Crippen LogP contribution in [0.5, 0.6) is 11.6 Å². The normalized spacial score (nSPS) is 10.9. The number of hydrogen-bond donors (Lipinski definition) is 2. The van der Waals surface area contributed by atoms with Crippen LogP contribution in [0, 0.1) is 0 Å². The van der Waals surface area contributed by atoms with Gasteiger partial charge < -0.3 is 19.5 Å². The van der Waals surface area contributed by atoms with Gasteiger partial charge in [0.1, 0.15) is 18.5 Å². The van der Waals surface area contributed by atoms with E-state index in [0.717, 1.165) is 6.20 Å². The molecule has 11 nitrogen and oxygen atoms in total. The molecule has 3 rings (SSSR count). The van der Waals surface area contributed by atoms with Gasteiger partial charge in [-0.05, 0) is 55.3 Å². The summed E-state index contributed by atoms with van der Waals surface area (Å²) in [6.07, 6.45) is 1.13. The van der Waals surface area contributed by atoms with E-state index in [4.69, 9.17) is 14.2 Å². The third-order valence-corrected chi connectivity index (χ3v) is 6.76. The van der Waals surface area contributed by atoms with E-state index in [-0.39, 0.29) is 41.2 Å². The monoisotopic (exact) mass is 555 g/mol. The van der Waals surface area contributed by atoms with Crippen molar-refractivity contribution in [3.05, 3.63) is 84.1 Å². The second-order valence-corrected chi connectivity index (χ2v) is 9.85. The summed E-state index contributed by atoms with van der Waals surface area (Å²) in [6, 6.07) is 16.7. The molecule has 2 amide bonds. The zero-order valence-electron chi connectivity index (χ0n) is 21.5. The predicted octanol–water partition coefficient (Wildman–Crippen LogP) is 3.71. The van der Waals surface area contributed by atoms with E-state index in [1.165, 1.54) is 36.4 Å². The van der Waals surface area contributed by atoms with E-state index in [1.807, 2.05) is 36.8 Å². The van der Waals surface area contributed by atoms with Crippen molar-refractivity contribution in [2.24, 2.45) is 0 Å². The number of ether oxygens (including phenoxy) is 3. The molecule has 2 aromatic carbocycles. The highest BCUT2D eigenvalue weighted by Gasteiger charge is 2.20. The van der Waals surface area contributed by atoms with Crippen LogP contribution in [-0.4, -0.2) is 50.6 Å². The molecule has 3 aromatic rings. The molecule has 1 aromatic heterocycles. The van der Waals surface area contributed by atoms with Gasteiger partial charge >= 0.3 is 6.16 Å². The highest BCUT2D eigenvalue weighted by atomic mass is 32.2. The first-order valence-corrected chi connectivity index (χ1v) is 13.7. The largest absolute Gasteiger partial charge is 0.515 e. The van der Waals surface area contributed by atoms with Gasteiger partial charge in [0.15, 0.2) is 0 Å². The van der Waals surface area contributed by atoms with Crippen molar-refractivity contribution in [3.8, 4) is 11.6 Å². The van der Waals surface area contributed by atoms with Crippen molar-refractivity contribution in [2.45, 2.75) is 37.7 Å². The number of hydrogen-bond acceptors (Lipinski definition) is 9. The fourth-order valence-corrected chi connectivity index (χ4v) is 4.23. The van der Waals surface area contributed by atoms with Gasteiger partial charge in [-0.15, -0.1) is 0 Å². The summed E-state index contributed by atoms with van der Waals surface area (Å²) < 4.78 is 42.9. The summed E-state index contributed by atoms with van der Waals surface area (Å²) in [5.41, 5.74) is 0.163. The van der Waals surface area contributed by atoms with Crippen LogP contribution in [0.4, 0.5) is 4.79 Å². The molecule has 0 aliphatic carbocycles. The van der Waals surface area contributed by atoms with Crippen LogP contribution < -0.4 is 19.5 Å². The Hall–Kier alpha value is -4.45. The number of nitrogens with one attached hydrogen (secondary N) is 2. The molecule has 206 valence electrons. The Bertz CT molecular complexity index is 1360. The molecule has 0 radical (unpaired) electrons. The van der Waals surface area contributed by atoms with Gasteiger partial charge in [-0.2, -0.15) is 0 Å². The average Bonchev–Trinajstić information content (AvgIpc) is 2.94. The van der Waals surface area contributed by atoms with E-state index >= 15 is 0 Å². The standard InChI is InChI=1S/C27H29N3O8S/c1-3-21(4-2)37-27(33)38-24-15-12-20(18-29-24)26(32)30-39(34,35)23-13-10-19(11-14-23)25(31)28-16-17-36-22-8-6-5-7-9-22/h5-15,18,21H,3-4,16-17H2,1-2H3,(H,28,31)(H,30,32). The summed E-state index contributed by atoms with van der Waals surface area (Å²) in [4.78, 5) is 40.3. The maximum absolute atomic E-state index is 12.7. The fourth-order valence-electron chi connectivity index (χ4n) is 3.25. The second-order valence-electron chi connectivity index (χ2n) is 8.17. The smallest absolute Gasteiger partial charge is 0.492 e. The van der Waals surface area contributed by atoms with Gasteiger partial charge in [0, 0.05) is 17.8 Å². The van der Waals surface area contributed by atoms with E-state index in [0.29, 0.717) is 18.6 Å². The third-order valence-electron chi connectivity index (χ3n) is 5.41. The lowest BCUT2D eigenvalue weighted by atomic mass is 10.2. The van der Waals surface area contributed by atoms with Crippen LogP contribution >= 0.6 is 0 Å². The number of benzene rings is 2. The number of carbonyl (C=O) groups excluding carboxylic acids is 3. The topological polar surface area (TPSA) is 150 Å². The Balaban J connectivity index is 1.51. The van der Waals surface area contributed by atoms with Crippen LogP contribution in [0.25, 0.3) is 0 Å². The number of rotatable bonds is 12. The Morgan fingerprint density at radius 3 is 2.15 bits per heavy atom. The quantitative estimate of drug-likeness (QED) is 0.252. The van der Waals surface area contributed by atoms with Crippen molar-refractivity contribution < 1.29 is 37.0 Å². The van der Waals surface area contributed by atoms with Crippen molar-refractivity contribution in [1.82, 2.24) is 15.0 Å². The van der Waals surface area contributed by atoms with E-state index in [2.05, 4.69) is 10.3 Å². The molecule has 0 aliphatic rings. The highest BCUT2D eigenvalue weighted by molar-refractivity contribution is 7.90. The molecule has 0 aliphatic heterocycles. The van der Waals surface area contributed by atoms with Gasteiger partial charge in [0.25, 0.3) is 21.8 Å². The summed E-state index contributed by atoms with van der Waals surface area (Å²) in [7, 11) is -4.23.